The summed E-state index contributed by atoms with van der Waals surface area (Å²) >= 11 is 0. The summed E-state index contributed by atoms with van der Waals surface area (Å²) in [7, 11) is 0. The number of hydrogen-bond acceptors (Lipinski definition) is 0. The Labute approximate surface area is 291 Å². The third kappa shape index (κ3) is 9.18. The van der Waals surface area contributed by atoms with Crippen LogP contribution in [0.3, 0.4) is 0 Å². The SMILES string of the molecule is CCCCCCCCCCCCCCCCCC(F)(F)C(F)(F)C(F)(F)C(F)(F)C(F)(F)C(F)(F)C(F)(F)C(F)(F)C(F)(F)C(F)(F)C(F)(F)C(F)(F)F. The van der Waals surface area contributed by atoms with Crippen LogP contribution in [0.4, 0.5) is 110 Å². The largest absolute Gasteiger partial charge is 0.460 e. The van der Waals surface area contributed by atoms with Crippen molar-refractivity contribution in [2.24, 2.45) is 0 Å². The van der Waals surface area contributed by atoms with Crippen molar-refractivity contribution in [3.8, 4) is 0 Å². The Morgan fingerprint density at radius 1 is 0.222 bits per heavy atom. The molecule has 0 aromatic carbocycles. The van der Waals surface area contributed by atoms with Crippen molar-refractivity contribution in [3.63, 3.8) is 0 Å². The van der Waals surface area contributed by atoms with E-state index in [9.17, 15) is 110 Å². The average molecular weight is 859 g/mol. The van der Waals surface area contributed by atoms with Gasteiger partial charge in [0.15, 0.2) is 0 Å². The minimum atomic E-state index is -9.57. The molecule has 54 heavy (non-hydrogen) atoms. The lowest BCUT2D eigenvalue weighted by molar-refractivity contribution is -0.482. The van der Waals surface area contributed by atoms with Gasteiger partial charge in [0.25, 0.3) is 0 Å². The quantitative estimate of drug-likeness (QED) is 0.0601. The van der Waals surface area contributed by atoms with Crippen molar-refractivity contribution >= 4 is 0 Å². The molecule has 0 saturated carbocycles. The highest BCUT2D eigenvalue weighted by molar-refractivity contribution is 5.19. The maximum absolute atomic E-state index is 14.1. The van der Waals surface area contributed by atoms with Gasteiger partial charge in [-0.05, 0) is 6.42 Å². The van der Waals surface area contributed by atoms with Crippen molar-refractivity contribution in [1.82, 2.24) is 0 Å². The second-order valence-electron chi connectivity index (χ2n) is 12.6. The Morgan fingerprint density at radius 2 is 0.407 bits per heavy atom. The molecule has 25 heteroatoms. The maximum atomic E-state index is 14.1. The van der Waals surface area contributed by atoms with Crippen LogP contribution in [0.2, 0.25) is 0 Å². The highest BCUT2D eigenvalue weighted by Crippen LogP contribution is 2.68. The second kappa shape index (κ2) is 17.4. The fourth-order valence-electron chi connectivity index (χ4n) is 4.86. The van der Waals surface area contributed by atoms with Crippen LogP contribution < -0.4 is 0 Å². The van der Waals surface area contributed by atoms with Gasteiger partial charge in [-0.3, -0.25) is 0 Å². The van der Waals surface area contributed by atoms with Gasteiger partial charge in [-0.1, -0.05) is 96.8 Å². The number of hydrogen-bond donors (Lipinski definition) is 0. The fraction of sp³-hybridized carbons (Fsp3) is 1.00. The zero-order chi connectivity index (χ0) is 43.3. The number of alkyl halides is 25. The van der Waals surface area contributed by atoms with Crippen molar-refractivity contribution in [3.05, 3.63) is 0 Å². The van der Waals surface area contributed by atoms with E-state index in [1.807, 2.05) is 6.92 Å². The predicted octanol–water partition coefficient (Wildman–Crippen LogP) is 14.8. The van der Waals surface area contributed by atoms with Crippen LogP contribution in [0.5, 0.6) is 0 Å². The van der Waals surface area contributed by atoms with E-state index in [1.165, 1.54) is 0 Å². The van der Waals surface area contributed by atoms with Gasteiger partial charge in [-0.15, -0.1) is 0 Å². The highest BCUT2D eigenvalue weighted by Gasteiger charge is 2.99. The lowest BCUT2D eigenvalue weighted by Crippen LogP contribution is -2.78. The van der Waals surface area contributed by atoms with E-state index >= 15 is 0 Å². The lowest BCUT2D eigenvalue weighted by atomic mass is 9.84. The molecule has 0 unspecified atom stereocenters. The Morgan fingerprint density at radius 3 is 0.630 bits per heavy atom. The highest BCUT2D eigenvalue weighted by atomic mass is 19.4. The molecule has 0 aliphatic rings. The molecule has 0 aromatic heterocycles. The van der Waals surface area contributed by atoms with E-state index < -0.39 is 90.6 Å². The summed E-state index contributed by atoms with van der Waals surface area (Å²) in [4.78, 5) is 0. The molecule has 0 bridgehead atoms. The Balaban J connectivity index is 5.94. The van der Waals surface area contributed by atoms with E-state index in [-0.39, 0.29) is 12.8 Å². The number of unbranched alkanes of at least 4 members (excludes halogenated alkanes) is 14. The van der Waals surface area contributed by atoms with Crippen LogP contribution in [0.25, 0.3) is 0 Å². The van der Waals surface area contributed by atoms with E-state index in [1.54, 1.807) is 0 Å². The molecule has 0 aliphatic heterocycles. The van der Waals surface area contributed by atoms with Crippen molar-refractivity contribution in [2.45, 2.75) is 181 Å². The van der Waals surface area contributed by atoms with Crippen molar-refractivity contribution < 1.29 is 110 Å². The molecule has 0 heterocycles. The first-order chi connectivity index (χ1) is 23.8. The Hall–Kier alpha value is -1.75. The zero-order valence-corrected chi connectivity index (χ0v) is 27.8. The van der Waals surface area contributed by atoms with Crippen LogP contribution in [-0.4, -0.2) is 71.3 Å². The molecule has 0 aromatic rings. The first-order valence-electron chi connectivity index (χ1n) is 16.0. The topological polar surface area (TPSA) is 0 Å². The minimum absolute atomic E-state index is 0.0994. The third-order valence-electron chi connectivity index (χ3n) is 8.46. The molecular formula is C29H35F25. The van der Waals surface area contributed by atoms with Crippen molar-refractivity contribution in [1.29, 1.82) is 0 Å². The lowest BCUT2D eigenvalue weighted by Gasteiger charge is -2.45. The Kier molecular flexibility index (Phi) is 16.8. The van der Waals surface area contributed by atoms with Crippen LogP contribution >= 0.6 is 0 Å². The molecule has 0 atom stereocenters. The third-order valence-corrected chi connectivity index (χ3v) is 8.46. The standard InChI is InChI=1S/C29H35F25/c1-2-3-4-5-6-7-8-9-10-11-12-13-14-15-16-17-18(30,31)19(32,33)20(34,35)21(36,37)22(38,39)23(40,41)24(42,43)25(44,45)26(46,47)27(48,49)28(50,51)29(52,53)54/h2-17H2,1H3. The molecule has 0 fully saturated rings. The monoisotopic (exact) mass is 858 g/mol. The summed E-state index contributed by atoms with van der Waals surface area (Å²) in [5, 5.41) is 0. The summed E-state index contributed by atoms with van der Waals surface area (Å²) in [6.07, 6.45) is -2.63. The number of rotatable bonds is 26. The minimum Gasteiger partial charge on any atom is -0.200 e. The molecule has 0 radical (unpaired) electrons. The van der Waals surface area contributed by atoms with Crippen LogP contribution in [-0.2, 0) is 0 Å². The molecule has 0 N–H and O–H groups in total. The van der Waals surface area contributed by atoms with Gasteiger partial charge >= 0.3 is 71.3 Å². The Bertz CT molecular complexity index is 1140. The second-order valence-corrected chi connectivity index (χ2v) is 12.6. The molecule has 0 nitrogen and oxygen atoms in total. The molecule has 0 aliphatic carbocycles. The summed E-state index contributed by atoms with van der Waals surface area (Å²) in [6, 6.07) is 0. The van der Waals surface area contributed by atoms with E-state index in [4.69, 9.17) is 0 Å². The molecular weight excluding hydrogens is 823 g/mol. The van der Waals surface area contributed by atoms with E-state index in [0.29, 0.717) is 12.8 Å². The smallest absolute Gasteiger partial charge is 0.200 e. The summed E-state index contributed by atoms with van der Waals surface area (Å²) in [5.74, 6) is -97.6. The van der Waals surface area contributed by atoms with E-state index in [2.05, 4.69) is 0 Å². The van der Waals surface area contributed by atoms with Crippen LogP contribution in [0, 0.1) is 0 Å². The summed E-state index contributed by atoms with van der Waals surface area (Å²) < 4.78 is 339. The van der Waals surface area contributed by atoms with Crippen molar-refractivity contribution in [2.75, 3.05) is 0 Å². The van der Waals surface area contributed by atoms with Gasteiger partial charge in [0.05, 0.1) is 0 Å². The molecule has 0 rings (SSSR count). The molecule has 0 saturated heterocycles. The molecule has 0 spiro atoms. The van der Waals surface area contributed by atoms with Gasteiger partial charge in [0, 0.05) is 6.42 Å². The summed E-state index contributed by atoms with van der Waals surface area (Å²) in [6.45, 7) is 2.05. The van der Waals surface area contributed by atoms with Gasteiger partial charge in [-0.25, -0.2) is 0 Å². The predicted molar refractivity (Wildman–Crippen MR) is 140 cm³/mol. The van der Waals surface area contributed by atoms with E-state index in [0.717, 1.165) is 57.8 Å². The normalized spacial score (nSPS) is 15.7. The van der Waals surface area contributed by atoms with Crippen LogP contribution in [0.15, 0.2) is 0 Å². The summed E-state index contributed by atoms with van der Waals surface area (Å²) in [5.41, 5.74) is 0. The average Bonchev–Trinajstić information content (AvgIpc) is 3.01. The van der Waals surface area contributed by atoms with Gasteiger partial charge in [0.1, 0.15) is 0 Å². The molecule has 326 valence electrons. The maximum Gasteiger partial charge on any atom is 0.460 e. The first kappa shape index (κ1) is 52.2. The zero-order valence-electron chi connectivity index (χ0n) is 27.8. The van der Waals surface area contributed by atoms with Gasteiger partial charge in [-0.2, -0.15) is 110 Å². The molecule has 0 amide bonds. The van der Waals surface area contributed by atoms with Gasteiger partial charge < -0.3 is 0 Å². The van der Waals surface area contributed by atoms with Gasteiger partial charge in [0.2, 0.25) is 0 Å². The fourth-order valence-corrected chi connectivity index (χ4v) is 4.86. The first-order valence-corrected chi connectivity index (χ1v) is 16.0. The van der Waals surface area contributed by atoms with Crippen LogP contribution in [0.1, 0.15) is 110 Å². The number of halogens is 25.